The Bertz CT molecular complexity index is 506. The van der Waals surface area contributed by atoms with Crippen molar-refractivity contribution in [2.24, 2.45) is 11.7 Å². The molecule has 0 spiro atoms. The van der Waals surface area contributed by atoms with Gasteiger partial charge in [-0.25, -0.2) is 9.97 Å². The first-order chi connectivity index (χ1) is 9.35. The summed E-state index contributed by atoms with van der Waals surface area (Å²) in [5.41, 5.74) is 6.71. The maximum absolute atomic E-state index is 5.72. The van der Waals surface area contributed by atoms with Gasteiger partial charge in [-0.15, -0.1) is 35.1 Å². The Kier molecular flexibility index (Phi) is 5.77. The van der Waals surface area contributed by atoms with Gasteiger partial charge in [0.1, 0.15) is 10.7 Å². The summed E-state index contributed by atoms with van der Waals surface area (Å²) in [5, 5.41) is 9.62. The van der Waals surface area contributed by atoms with Crippen LogP contribution in [0, 0.1) is 5.92 Å². The number of hydrogen-bond acceptors (Lipinski definition) is 6. The molecule has 7 heteroatoms. The fraction of sp³-hybridized carbons (Fsp3) is 0.538. The molecule has 0 unspecified atom stereocenters. The van der Waals surface area contributed by atoms with Crippen LogP contribution < -0.4 is 11.1 Å². The van der Waals surface area contributed by atoms with E-state index in [1.165, 1.54) is 25.7 Å². The molecule has 20 heavy (non-hydrogen) atoms. The predicted molar refractivity (Wildman–Crippen MR) is 88.9 cm³/mol. The highest BCUT2D eigenvalue weighted by atomic mass is 35.5. The molecule has 1 fully saturated rings. The van der Waals surface area contributed by atoms with E-state index in [1.807, 2.05) is 11.6 Å². The first kappa shape index (κ1) is 15.7. The summed E-state index contributed by atoms with van der Waals surface area (Å²) >= 11 is 3.30. The van der Waals surface area contributed by atoms with Gasteiger partial charge in [0.25, 0.3) is 0 Å². The normalized spacial score (nSPS) is 22.2. The van der Waals surface area contributed by atoms with Crippen molar-refractivity contribution in [1.82, 2.24) is 9.97 Å². The average Bonchev–Trinajstić information content (AvgIpc) is 3.10. The van der Waals surface area contributed by atoms with E-state index in [9.17, 15) is 0 Å². The summed E-state index contributed by atoms with van der Waals surface area (Å²) in [6, 6.07) is 0.554. The van der Waals surface area contributed by atoms with E-state index in [0.717, 1.165) is 28.3 Å². The van der Waals surface area contributed by atoms with Gasteiger partial charge in [0.15, 0.2) is 5.13 Å². The molecule has 1 aliphatic carbocycles. The zero-order chi connectivity index (χ0) is 13.1. The van der Waals surface area contributed by atoms with E-state index in [1.54, 1.807) is 22.7 Å². The molecule has 3 rings (SSSR count). The van der Waals surface area contributed by atoms with Gasteiger partial charge in [-0.3, -0.25) is 0 Å². The Morgan fingerprint density at radius 1 is 1.25 bits per heavy atom. The zero-order valence-electron chi connectivity index (χ0n) is 11.1. The molecule has 1 aliphatic rings. The summed E-state index contributed by atoms with van der Waals surface area (Å²) < 4.78 is 0. The minimum absolute atomic E-state index is 0. The standard InChI is InChI=1S/C13H18N4S2.ClH/c14-7-9-1-3-10(4-2-9)16-13-17-11(8-19-13)12-15-5-6-18-12;/h5-6,8-10H,1-4,7,14H2,(H,16,17);1H/t9-,10-;. The molecule has 2 aromatic rings. The molecule has 0 aliphatic heterocycles. The molecule has 1 saturated carbocycles. The highest BCUT2D eigenvalue weighted by molar-refractivity contribution is 7.15. The second-order valence-corrected chi connectivity index (χ2v) is 6.73. The highest BCUT2D eigenvalue weighted by Crippen LogP contribution is 2.30. The van der Waals surface area contributed by atoms with E-state index >= 15 is 0 Å². The second kappa shape index (κ2) is 7.36. The summed E-state index contributed by atoms with van der Waals surface area (Å²) in [4.78, 5) is 8.91. The lowest BCUT2D eigenvalue weighted by Gasteiger charge is -2.28. The second-order valence-electron chi connectivity index (χ2n) is 4.97. The quantitative estimate of drug-likeness (QED) is 0.898. The number of aromatic nitrogens is 2. The molecule has 0 saturated heterocycles. The van der Waals surface area contributed by atoms with Crippen molar-refractivity contribution in [1.29, 1.82) is 0 Å². The summed E-state index contributed by atoms with van der Waals surface area (Å²) in [5.74, 6) is 0.722. The lowest BCUT2D eigenvalue weighted by molar-refractivity contribution is 0.345. The van der Waals surface area contributed by atoms with Crippen LogP contribution >= 0.6 is 35.1 Å². The van der Waals surface area contributed by atoms with E-state index in [4.69, 9.17) is 5.73 Å². The van der Waals surface area contributed by atoms with E-state index in [0.29, 0.717) is 6.04 Å². The zero-order valence-corrected chi connectivity index (χ0v) is 13.6. The Hall–Kier alpha value is -0.690. The average molecular weight is 331 g/mol. The lowest BCUT2D eigenvalue weighted by atomic mass is 9.86. The number of anilines is 1. The van der Waals surface area contributed by atoms with Crippen molar-refractivity contribution in [3.63, 3.8) is 0 Å². The first-order valence-electron chi connectivity index (χ1n) is 6.67. The number of halogens is 1. The van der Waals surface area contributed by atoms with Crippen LogP contribution in [-0.2, 0) is 0 Å². The maximum atomic E-state index is 5.72. The Labute approximate surface area is 133 Å². The van der Waals surface area contributed by atoms with Crippen LogP contribution in [0.1, 0.15) is 25.7 Å². The molecule has 0 aromatic carbocycles. The van der Waals surface area contributed by atoms with Crippen molar-refractivity contribution < 1.29 is 0 Å². The molecule has 0 radical (unpaired) electrons. The van der Waals surface area contributed by atoms with Crippen LogP contribution in [0.2, 0.25) is 0 Å². The number of rotatable bonds is 4. The SMILES string of the molecule is Cl.NC[C@H]1CC[C@H](Nc2nc(-c3nccs3)cs2)CC1. The smallest absolute Gasteiger partial charge is 0.183 e. The van der Waals surface area contributed by atoms with Gasteiger partial charge < -0.3 is 11.1 Å². The van der Waals surface area contributed by atoms with Crippen LogP contribution in [-0.4, -0.2) is 22.6 Å². The van der Waals surface area contributed by atoms with Crippen LogP contribution in [0.25, 0.3) is 10.7 Å². The number of nitrogens with two attached hydrogens (primary N) is 1. The summed E-state index contributed by atoms with van der Waals surface area (Å²) in [7, 11) is 0. The Balaban J connectivity index is 0.00000147. The Morgan fingerprint density at radius 3 is 2.70 bits per heavy atom. The molecule has 0 bridgehead atoms. The van der Waals surface area contributed by atoms with Crippen LogP contribution in [0.15, 0.2) is 17.0 Å². The van der Waals surface area contributed by atoms with E-state index in [-0.39, 0.29) is 12.4 Å². The molecule has 2 aromatic heterocycles. The van der Waals surface area contributed by atoms with Crippen molar-refractivity contribution >= 4 is 40.2 Å². The van der Waals surface area contributed by atoms with E-state index < -0.39 is 0 Å². The van der Waals surface area contributed by atoms with Crippen molar-refractivity contribution in [2.75, 3.05) is 11.9 Å². The van der Waals surface area contributed by atoms with Gasteiger partial charge >= 0.3 is 0 Å². The third-order valence-corrected chi connectivity index (χ3v) is 5.23. The van der Waals surface area contributed by atoms with Crippen molar-refractivity contribution in [3.8, 4) is 10.7 Å². The van der Waals surface area contributed by atoms with Gasteiger partial charge in [0, 0.05) is 23.0 Å². The van der Waals surface area contributed by atoms with Crippen LogP contribution in [0.3, 0.4) is 0 Å². The van der Waals surface area contributed by atoms with Gasteiger partial charge in [-0.2, -0.15) is 0 Å². The largest absolute Gasteiger partial charge is 0.359 e. The van der Waals surface area contributed by atoms with Crippen LogP contribution in [0.4, 0.5) is 5.13 Å². The molecule has 0 amide bonds. The molecular weight excluding hydrogens is 312 g/mol. The van der Waals surface area contributed by atoms with Gasteiger partial charge in [-0.05, 0) is 38.1 Å². The fourth-order valence-electron chi connectivity index (χ4n) is 2.51. The monoisotopic (exact) mass is 330 g/mol. The highest BCUT2D eigenvalue weighted by Gasteiger charge is 2.20. The predicted octanol–water partition coefficient (Wildman–Crippen LogP) is 3.62. The number of nitrogens with zero attached hydrogens (tertiary/aromatic N) is 2. The fourth-order valence-corrected chi connectivity index (χ4v) is 3.95. The maximum Gasteiger partial charge on any atom is 0.183 e. The third-order valence-electron chi connectivity index (χ3n) is 3.66. The minimum Gasteiger partial charge on any atom is -0.359 e. The third kappa shape index (κ3) is 3.69. The summed E-state index contributed by atoms with van der Waals surface area (Å²) in [6.45, 7) is 0.832. The molecule has 0 atom stereocenters. The number of hydrogen-bond donors (Lipinski definition) is 2. The first-order valence-corrected chi connectivity index (χ1v) is 8.43. The molecule has 4 nitrogen and oxygen atoms in total. The molecular formula is C13H19ClN4S2. The number of thiazole rings is 2. The van der Waals surface area contributed by atoms with Gasteiger partial charge in [0.05, 0.1) is 0 Å². The Morgan fingerprint density at radius 2 is 2.05 bits per heavy atom. The van der Waals surface area contributed by atoms with Crippen molar-refractivity contribution in [2.45, 2.75) is 31.7 Å². The van der Waals surface area contributed by atoms with Gasteiger partial charge in [0.2, 0.25) is 0 Å². The molecule has 110 valence electrons. The lowest BCUT2D eigenvalue weighted by Crippen LogP contribution is -2.29. The molecule has 2 heterocycles. The van der Waals surface area contributed by atoms with Crippen LogP contribution in [0.5, 0.6) is 0 Å². The summed E-state index contributed by atoms with van der Waals surface area (Å²) in [6.07, 6.45) is 6.69. The van der Waals surface area contributed by atoms with Gasteiger partial charge in [-0.1, -0.05) is 0 Å². The molecule has 3 N–H and O–H groups in total. The van der Waals surface area contributed by atoms with Crippen molar-refractivity contribution in [3.05, 3.63) is 17.0 Å². The minimum atomic E-state index is 0. The van der Waals surface area contributed by atoms with E-state index in [2.05, 4.69) is 20.7 Å². The topological polar surface area (TPSA) is 63.8 Å². The number of nitrogens with one attached hydrogen (secondary N) is 1.